The number of hydrogen-bond acceptors (Lipinski definition) is 4. The SMILES string of the molecule is CCCCOc1ccc([N+](=O)[O-])c(F)n1. The number of halogens is 1. The number of nitro groups is 1. The lowest BCUT2D eigenvalue weighted by molar-refractivity contribution is -0.388. The molecule has 15 heavy (non-hydrogen) atoms. The lowest BCUT2D eigenvalue weighted by Crippen LogP contribution is -2.01. The third kappa shape index (κ3) is 3.16. The lowest BCUT2D eigenvalue weighted by atomic mass is 10.4. The van der Waals surface area contributed by atoms with Crippen LogP contribution in [0.2, 0.25) is 0 Å². The Labute approximate surface area is 86.0 Å². The van der Waals surface area contributed by atoms with E-state index in [0.29, 0.717) is 6.61 Å². The molecule has 1 heterocycles. The van der Waals surface area contributed by atoms with Gasteiger partial charge in [-0.1, -0.05) is 13.3 Å². The van der Waals surface area contributed by atoms with Gasteiger partial charge in [-0.15, -0.1) is 0 Å². The number of ether oxygens (including phenoxy) is 1. The first-order chi connectivity index (χ1) is 7.15. The highest BCUT2D eigenvalue weighted by Crippen LogP contribution is 2.18. The number of nitrogens with zero attached hydrogens (tertiary/aromatic N) is 2. The van der Waals surface area contributed by atoms with E-state index < -0.39 is 16.6 Å². The molecule has 0 radical (unpaired) electrons. The van der Waals surface area contributed by atoms with E-state index in [9.17, 15) is 14.5 Å². The minimum atomic E-state index is -1.12. The Hall–Kier alpha value is -1.72. The Morgan fingerprint density at radius 1 is 1.60 bits per heavy atom. The van der Waals surface area contributed by atoms with Crippen LogP contribution in [0.1, 0.15) is 19.8 Å². The maximum Gasteiger partial charge on any atom is 0.324 e. The highest BCUT2D eigenvalue weighted by Gasteiger charge is 2.15. The van der Waals surface area contributed by atoms with Gasteiger partial charge in [-0.3, -0.25) is 10.1 Å². The zero-order valence-corrected chi connectivity index (χ0v) is 8.27. The summed E-state index contributed by atoms with van der Waals surface area (Å²) in [5.41, 5.74) is -0.641. The Morgan fingerprint density at radius 3 is 2.87 bits per heavy atom. The Balaban J connectivity index is 2.69. The fourth-order valence-corrected chi connectivity index (χ4v) is 0.948. The molecule has 0 unspecified atom stereocenters. The summed E-state index contributed by atoms with van der Waals surface area (Å²) in [6, 6.07) is 2.33. The van der Waals surface area contributed by atoms with E-state index in [2.05, 4.69) is 4.98 Å². The summed E-state index contributed by atoms with van der Waals surface area (Å²) in [4.78, 5) is 12.8. The second-order valence-electron chi connectivity index (χ2n) is 2.92. The molecule has 0 N–H and O–H groups in total. The third-order valence-corrected chi connectivity index (χ3v) is 1.75. The van der Waals surface area contributed by atoms with Gasteiger partial charge in [0.1, 0.15) is 0 Å². The van der Waals surface area contributed by atoms with Crippen molar-refractivity contribution in [3.8, 4) is 5.88 Å². The average Bonchev–Trinajstić information content (AvgIpc) is 2.17. The first-order valence-electron chi connectivity index (χ1n) is 4.59. The van der Waals surface area contributed by atoms with Crippen LogP contribution in [-0.4, -0.2) is 16.5 Å². The van der Waals surface area contributed by atoms with Crippen molar-refractivity contribution in [1.82, 2.24) is 4.98 Å². The minimum absolute atomic E-state index is 0.0755. The summed E-state index contributed by atoms with van der Waals surface area (Å²) < 4.78 is 18.1. The van der Waals surface area contributed by atoms with E-state index in [-0.39, 0.29) is 5.88 Å². The first kappa shape index (κ1) is 11.4. The summed E-state index contributed by atoms with van der Waals surface area (Å²) in [6.45, 7) is 2.42. The predicted molar refractivity (Wildman–Crippen MR) is 51.3 cm³/mol. The van der Waals surface area contributed by atoms with E-state index in [0.717, 1.165) is 18.9 Å². The second kappa shape index (κ2) is 5.23. The Bertz CT molecular complexity index is 357. The summed E-state index contributed by atoms with van der Waals surface area (Å²) in [7, 11) is 0. The van der Waals surface area contributed by atoms with Crippen LogP contribution >= 0.6 is 0 Å². The molecule has 1 aromatic rings. The van der Waals surface area contributed by atoms with Crippen LogP contribution in [0.5, 0.6) is 5.88 Å². The summed E-state index contributed by atoms with van der Waals surface area (Å²) in [5, 5.41) is 10.3. The number of hydrogen-bond donors (Lipinski definition) is 0. The van der Waals surface area contributed by atoms with Gasteiger partial charge in [0.15, 0.2) is 0 Å². The fourth-order valence-electron chi connectivity index (χ4n) is 0.948. The zero-order valence-electron chi connectivity index (χ0n) is 8.27. The molecule has 1 rings (SSSR count). The molecular formula is C9H11FN2O3. The van der Waals surface area contributed by atoms with E-state index in [1.165, 1.54) is 6.07 Å². The quantitative estimate of drug-likeness (QED) is 0.326. The smallest absolute Gasteiger partial charge is 0.324 e. The van der Waals surface area contributed by atoms with Crippen LogP contribution in [0.25, 0.3) is 0 Å². The third-order valence-electron chi connectivity index (χ3n) is 1.75. The van der Waals surface area contributed by atoms with Crippen molar-refractivity contribution in [2.24, 2.45) is 0 Å². The van der Waals surface area contributed by atoms with Crippen molar-refractivity contribution in [2.75, 3.05) is 6.61 Å². The molecule has 0 saturated heterocycles. The van der Waals surface area contributed by atoms with Gasteiger partial charge in [0.2, 0.25) is 5.88 Å². The molecular weight excluding hydrogens is 203 g/mol. The zero-order chi connectivity index (χ0) is 11.3. The lowest BCUT2D eigenvalue weighted by Gasteiger charge is -2.03. The van der Waals surface area contributed by atoms with Gasteiger partial charge in [0.25, 0.3) is 5.95 Å². The topological polar surface area (TPSA) is 65.3 Å². The van der Waals surface area contributed by atoms with Crippen LogP contribution in [0.15, 0.2) is 12.1 Å². The molecule has 0 fully saturated rings. The maximum atomic E-state index is 13.0. The van der Waals surface area contributed by atoms with Crippen molar-refractivity contribution in [3.05, 3.63) is 28.2 Å². The molecule has 6 heteroatoms. The molecule has 0 aliphatic carbocycles. The van der Waals surface area contributed by atoms with Crippen molar-refractivity contribution in [3.63, 3.8) is 0 Å². The monoisotopic (exact) mass is 214 g/mol. The molecule has 5 nitrogen and oxygen atoms in total. The Kier molecular flexibility index (Phi) is 3.96. The van der Waals surface area contributed by atoms with Gasteiger partial charge in [-0.2, -0.15) is 9.37 Å². The molecule has 0 saturated carbocycles. The van der Waals surface area contributed by atoms with Crippen molar-refractivity contribution >= 4 is 5.69 Å². The highest BCUT2D eigenvalue weighted by molar-refractivity contribution is 5.30. The van der Waals surface area contributed by atoms with Crippen LogP contribution < -0.4 is 4.74 Å². The minimum Gasteiger partial charge on any atom is -0.478 e. The highest BCUT2D eigenvalue weighted by atomic mass is 19.1. The van der Waals surface area contributed by atoms with Gasteiger partial charge < -0.3 is 4.74 Å². The fraction of sp³-hybridized carbons (Fsp3) is 0.444. The average molecular weight is 214 g/mol. The van der Waals surface area contributed by atoms with Crippen molar-refractivity contribution in [1.29, 1.82) is 0 Å². The number of rotatable bonds is 5. The standard InChI is InChI=1S/C9H11FN2O3/c1-2-3-6-15-8-5-4-7(12(13)14)9(10)11-8/h4-5H,2-3,6H2,1H3. The predicted octanol–water partition coefficient (Wildman–Crippen LogP) is 2.31. The van der Waals surface area contributed by atoms with Gasteiger partial charge >= 0.3 is 5.69 Å². The van der Waals surface area contributed by atoms with Gasteiger partial charge in [0.05, 0.1) is 11.5 Å². The molecule has 1 aromatic heterocycles. The van der Waals surface area contributed by atoms with Crippen LogP contribution in [-0.2, 0) is 0 Å². The largest absolute Gasteiger partial charge is 0.478 e. The van der Waals surface area contributed by atoms with Crippen molar-refractivity contribution < 1.29 is 14.1 Å². The van der Waals surface area contributed by atoms with Gasteiger partial charge in [-0.25, -0.2) is 0 Å². The van der Waals surface area contributed by atoms with Crippen molar-refractivity contribution in [2.45, 2.75) is 19.8 Å². The van der Waals surface area contributed by atoms with E-state index in [1.54, 1.807) is 0 Å². The molecule has 0 aliphatic heterocycles. The summed E-state index contributed by atoms with van der Waals surface area (Å²) >= 11 is 0. The van der Waals surface area contributed by atoms with Crippen LogP contribution in [0.3, 0.4) is 0 Å². The number of unbranched alkanes of at least 4 members (excludes halogenated alkanes) is 1. The number of pyridine rings is 1. The Morgan fingerprint density at radius 2 is 2.33 bits per heavy atom. The normalized spacial score (nSPS) is 10.0. The van der Waals surface area contributed by atoms with Gasteiger partial charge in [-0.05, 0) is 6.42 Å². The summed E-state index contributed by atoms with van der Waals surface area (Å²) in [6.07, 6.45) is 1.79. The molecule has 82 valence electrons. The van der Waals surface area contributed by atoms with Crippen LogP contribution in [0.4, 0.5) is 10.1 Å². The maximum absolute atomic E-state index is 13.0. The molecule has 0 amide bonds. The second-order valence-corrected chi connectivity index (χ2v) is 2.92. The summed E-state index contributed by atoms with van der Waals surface area (Å²) in [5.74, 6) is -1.04. The molecule has 0 bridgehead atoms. The number of aromatic nitrogens is 1. The van der Waals surface area contributed by atoms with Gasteiger partial charge in [0, 0.05) is 12.1 Å². The first-order valence-corrected chi connectivity index (χ1v) is 4.59. The molecule has 0 aromatic carbocycles. The van der Waals surface area contributed by atoms with E-state index >= 15 is 0 Å². The van der Waals surface area contributed by atoms with E-state index in [4.69, 9.17) is 4.74 Å². The van der Waals surface area contributed by atoms with Crippen LogP contribution in [0, 0.1) is 16.1 Å². The molecule has 0 spiro atoms. The molecule has 0 aliphatic rings. The molecule has 0 atom stereocenters. The van der Waals surface area contributed by atoms with E-state index in [1.807, 2.05) is 6.92 Å².